The van der Waals surface area contributed by atoms with Gasteiger partial charge in [-0.1, -0.05) is 0 Å². The van der Waals surface area contributed by atoms with Crippen LogP contribution < -0.4 is 15.5 Å². The summed E-state index contributed by atoms with van der Waals surface area (Å²) in [5.74, 6) is -0.508. The van der Waals surface area contributed by atoms with Crippen molar-refractivity contribution in [2.24, 2.45) is 0 Å². The Balaban J connectivity index is 1.53. The Kier molecular flexibility index (Phi) is 6.99. The van der Waals surface area contributed by atoms with Crippen LogP contribution in [0.15, 0.2) is 35.7 Å². The van der Waals surface area contributed by atoms with Crippen molar-refractivity contribution in [2.45, 2.75) is 32.7 Å². The lowest BCUT2D eigenvalue weighted by atomic mass is 10.1. The maximum Gasteiger partial charge on any atom is 0.270 e. The number of hydrogen-bond acceptors (Lipinski definition) is 8. The fourth-order valence-corrected chi connectivity index (χ4v) is 5.35. The molecule has 4 rings (SSSR count). The third kappa shape index (κ3) is 5.55. The van der Waals surface area contributed by atoms with Gasteiger partial charge in [-0.15, -0.1) is 22.7 Å². The summed E-state index contributed by atoms with van der Waals surface area (Å²) in [7, 11) is 0. The van der Waals surface area contributed by atoms with Crippen LogP contribution in [0.2, 0.25) is 0 Å². The van der Waals surface area contributed by atoms with Crippen LogP contribution in [-0.4, -0.2) is 34.8 Å². The van der Waals surface area contributed by atoms with E-state index in [9.17, 15) is 19.7 Å². The van der Waals surface area contributed by atoms with Gasteiger partial charge in [-0.3, -0.25) is 25.0 Å². The molecule has 0 unspecified atom stereocenters. The summed E-state index contributed by atoms with van der Waals surface area (Å²) < 4.78 is 0. The first-order chi connectivity index (χ1) is 15.9. The molecule has 1 fully saturated rings. The van der Waals surface area contributed by atoms with Gasteiger partial charge in [-0.05, 0) is 37.5 Å². The lowest BCUT2D eigenvalue weighted by molar-refractivity contribution is -0.384. The molecule has 1 saturated heterocycles. The van der Waals surface area contributed by atoms with Gasteiger partial charge in [-0.25, -0.2) is 4.98 Å². The average Bonchev–Trinajstić information content (AvgIpc) is 3.47. The number of non-ortho nitro benzene ring substituents is 1. The topological polar surface area (TPSA) is 117 Å². The maximum atomic E-state index is 13.1. The number of piperidine rings is 1. The number of carbonyl (C=O) groups excluding carboxylic acids is 2. The number of benzene rings is 1. The molecule has 2 aromatic heterocycles. The van der Waals surface area contributed by atoms with Crippen LogP contribution in [0.1, 0.15) is 41.4 Å². The Labute approximate surface area is 198 Å². The van der Waals surface area contributed by atoms with Crippen molar-refractivity contribution in [3.63, 3.8) is 0 Å². The zero-order chi connectivity index (χ0) is 23.4. The van der Waals surface area contributed by atoms with Crippen LogP contribution in [-0.2, 0) is 11.3 Å². The fourth-order valence-electron chi connectivity index (χ4n) is 3.66. The van der Waals surface area contributed by atoms with Crippen LogP contribution >= 0.6 is 22.7 Å². The Morgan fingerprint density at radius 2 is 1.97 bits per heavy atom. The minimum Gasteiger partial charge on any atom is -0.371 e. The van der Waals surface area contributed by atoms with Crippen molar-refractivity contribution >= 4 is 51.0 Å². The van der Waals surface area contributed by atoms with Crippen molar-refractivity contribution in [2.75, 3.05) is 23.3 Å². The standard InChI is InChI=1S/C22H23N5O4S2/c1-14(28)23-12-16-6-8-20(33-16)18-13-32-22(24-18)25-21(29)17-11-15(27(30)31)5-7-19(17)26-9-3-2-4-10-26/h5-8,11,13H,2-4,9-10,12H2,1H3,(H,23,28)(H,24,25,29). The van der Waals surface area contributed by atoms with Gasteiger partial charge in [0.1, 0.15) is 0 Å². The number of nitrogens with one attached hydrogen (secondary N) is 2. The smallest absolute Gasteiger partial charge is 0.270 e. The molecule has 3 heterocycles. The van der Waals surface area contributed by atoms with E-state index in [4.69, 9.17) is 0 Å². The molecule has 9 nitrogen and oxygen atoms in total. The van der Waals surface area contributed by atoms with E-state index in [0.29, 0.717) is 17.4 Å². The Morgan fingerprint density at radius 1 is 1.18 bits per heavy atom. The molecule has 1 aliphatic rings. The largest absolute Gasteiger partial charge is 0.371 e. The lowest BCUT2D eigenvalue weighted by Crippen LogP contribution is -2.31. The summed E-state index contributed by atoms with van der Waals surface area (Å²) in [5, 5.41) is 19.1. The number of thiophene rings is 1. The number of carbonyl (C=O) groups is 2. The minimum absolute atomic E-state index is 0.0892. The van der Waals surface area contributed by atoms with E-state index < -0.39 is 10.8 Å². The highest BCUT2D eigenvalue weighted by Gasteiger charge is 2.22. The van der Waals surface area contributed by atoms with Gasteiger partial charge in [0.25, 0.3) is 11.6 Å². The molecule has 0 saturated carbocycles. The number of amides is 2. The number of nitro groups is 1. The number of nitro benzene ring substituents is 1. The van der Waals surface area contributed by atoms with Gasteiger partial charge in [0.2, 0.25) is 5.91 Å². The van der Waals surface area contributed by atoms with E-state index in [2.05, 4.69) is 20.5 Å². The summed E-state index contributed by atoms with van der Waals surface area (Å²) >= 11 is 2.81. The van der Waals surface area contributed by atoms with Crippen LogP contribution in [0.5, 0.6) is 0 Å². The van der Waals surface area contributed by atoms with Crippen molar-refractivity contribution < 1.29 is 14.5 Å². The van der Waals surface area contributed by atoms with Crippen LogP contribution in [0.25, 0.3) is 10.6 Å². The first kappa shape index (κ1) is 22.9. The molecule has 0 radical (unpaired) electrons. The maximum absolute atomic E-state index is 13.1. The highest BCUT2D eigenvalue weighted by molar-refractivity contribution is 7.17. The third-order valence-electron chi connectivity index (χ3n) is 5.28. The Morgan fingerprint density at radius 3 is 2.70 bits per heavy atom. The highest BCUT2D eigenvalue weighted by Crippen LogP contribution is 2.32. The van der Waals surface area contributed by atoms with Gasteiger partial charge in [0, 0.05) is 42.4 Å². The normalized spacial score (nSPS) is 13.5. The van der Waals surface area contributed by atoms with Crippen molar-refractivity contribution in [1.29, 1.82) is 0 Å². The number of nitrogens with zero attached hydrogens (tertiary/aromatic N) is 3. The van der Waals surface area contributed by atoms with Crippen LogP contribution in [0.4, 0.5) is 16.5 Å². The fraction of sp³-hybridized carbons (Fsp3) is 0.318. The van der Waals surface area contributed by atoms with Gasteiger partial charge < -0.3 is 10.2 Å². The molecule has 0 aliphatic carbocycles. The van der Waals surface area contributed by atoms with E-state index >= 15 is 0 Å². The first-order valence-electron chi connectivity index (χ1n) is 10.5. The average molecular weight is 486 g/mol. The zero-order valence-corrected chi connectivity index (χ0v) is 19.6. The van der Waals surface area contributed by atoms with Gasteiger partial charge in [-0.2, -0.15) is 0 Å². The molecule has 11 heteroatoms. The molecular formula is C22H23N5O4S2. The molecule has 2 N–H and O–H groups in total. The number of anilines is 2. The van der Waals surface area contributed by atoms with Gasteiger partial charge in [0.15, 0.2) is 5.13 Å². The van der Waals surface area contributed by atoms with Crippen molar-refractivity contribution in [3.05, 3.63) is 56.3 Å². The number of rotatable bonds is 7. The molecule has 172 valence electrons. The van der Waals surface area contributed by atoms with Gasteiger partial charge >= 0.3 is 0 Å². The zero-order valence-electron chi connectivity index (χ0n) is 18.0. The summed E-state index contributed by atoms with van der Waals surface area (Å²) in [6.45, 7) is 3.57. The molecule has 3 aromatic rings. The van der Waals surface area contributed by atoms with Crippen LogP contribution in [0, 0.1) is 10.1 Å². The Bertz CT molecular complexity index is 1180. The third-order valence-corrected chi connectivity index (χ3v) is 7.15. The van der Waals surface area contributed by atoms with E-state index in [1.807, 2.05) is 17.5 Å². The molecule has 0 bridgehead atoms. The SMILES string of the molecule is CC(=O)NCc1ccc(-c2csc(NC(=O)c3cc([N+](=O)[O-])ccc3N3CCCCC3)n2)s1. The number of hydrogen-bond donors (Lipinski definition) is 2. The molecule has 1 aromatic carbocycles. The van der Waals surface area contributed by atoms with E-state index in [1.54, 1.807) is 6.07 Å². The highest BCUT2D eigenvalue weighted by atomic mass is 32.1. The molecule has 0 spiro atoms. The predicted molar refractivity (Wildman–Crippen MR) is 130 cm³/mol. The van der Waals surface area contributed by atoms with Crippen molar-refractivity contribution in [1.82, 2.24) is 10.3 Å². The second kappa shape index (κ2) is 10.1. The monoisotopic (exact) mass is 485 g/mol. The summed E-state index contributed by atoms with van der Waals surface area (Å²) in [6, 6.07) is 8.30. The van der Waals surface area contributed by atoms with E-state index in [1.165, 1.54) is 41.7 Å². The molecule has 33 heavy (non-hydrogen) atoms. The molecule has 1 aliphatic heterocycles. The quantitative estimate of drug-likeness (QED) is 0.371. The van der Waals surface area contributed by atoms with Gasteiger partial charge in [0.05, 0.1) is 33.3 Å². The molecule has 2 amide bonds. The number of thiazole rings is 1. The molecular weight excluding hydrogens is 462 g/mol. The predicted octanol–water partition coefficient (Wildman–Crippen LogP) is 4.66. The second-order valence-electron chi connectivity index (χ2n) is 7.67. The Hall–Kier alpha value is -3.31. The van der Waals surface area contributed by atoms with Crippen LogP contribution in [0.3, 0.4) is 0 Å². The number of aromatic nitrogens is 1. The minimum atomic E-state index is -0.492. The van der Waals surface area contributed by atoms with Crippen molar-refractivity contribution in [3.8, 4) is 10.6 Å². The molecule has 0 atom stereocenters. The second-order valence-corrected chi connectivity index (χ2v) is 9.70. The van der Waals surface area contributed by atoms with E-state index in [0.717, 1.165) is 47.8 Å². The lowest BCUT2D eigenvalue weighted by Gasteiger charge is -2.30. The first-order valence-corrected chi connectivity index (χ1v) is 12.2. The summed E-state index contributed by atoms with van der Waals surface area (Å²) in [6.07, 6.45) is 3.19. The van der Waals surface area contributed by atoms with E-state index in [-0.39, 0.29) is 17.2 Å². The summed E-state index contributed by atoms with van der Waals surface area (Å²) in [5.41, 5.74) is 1.59. The summed E-state index contributed by atoms with van der Waals surface area (Å²) in [4.78, 5) is 43.6.